The largest absolute Gasteiger partial charge is 0.489 e. The third-order valence-electron chi connectivity index (χ3n) is 2.33. The van der Waals surface area contributed by atoms with Gasteiger partial charge in [-0.2, -0.15) is 0 Å². The Bertz CT molecular complexity index is 434. The summed E-state index contributed by atoms with van der Waals surface area (Å²) < 4.78 is 5.69. The average molecular weight is 213 g/mol. The van der Waals surface area contributed by atoms with Crippen molar-refractivity contribution >= 4 is 0 Å². The number of ether oxygens (including phenoxy) is 1. The molecule has 2 aromatic rings. The Morgan fingerprint density at radius 3 is 2.69 bits per heavy atom. The van der Waals surface area contributed by atoms with Crippen LogP contribution in [-0.2, 0) is 6.61 Å². The average Bonchev–Trinajstić information content (AvgIpc) is 2.27. The topological polar surface area (TPSA) is 22.1 Å². The smallest absolute Gasteiger partial charge is 0.120 e. The lowest BCUT2D eigenvalue weighted by Gasteiger charge is -2.06. The molecule has 2 heteroatoms. The zero-order valence-electron chi connectivity index (χ0n) is 9.60. The van der Waals surface area contributed by atoms with Crippen LogP contribution in [0.25, 0.3) is 0 Å². The van der Waals surface area contributed by atoms with Crippen molar-refractivity contribution in [3.05, 3.63) is 59.4 Å². The third kappa shape index (κ3) is 2.83. The Morgan fingerprint density at radius 2 is 1.94 bits per heavy atom. The second-order valence-corrected chi connectivity index (χ2v) is 3.98. The molecule has 1 aromatic carbocycles. The summed E-state index contributed by atoms with van der Waals surface area (Å²) >= 11 is 0. The molecule has 1 aromatic heterocycles. The van der Waals surface area contributed by atoms with Gasteiger partial charge in [-0.25, -0.2) is 0 Å². The van der Waals surface area contributed by atoms with Crippen LogP contribution in [0.1, 0.15) is 16.7 Å². The zero-order valence-corrected chi connectivity index (χ0v) is 9.60. The fraction of sp³-hybridized carbons (Fsp3) is 0.214. The summed E-state index contributed by atoms with van der Waals surface area (Å²) in [5.41, 5.74) is 3.46. The van der Waals surface area contributed by atoms with E-state index in [0.717, 1.165) is 16.9 Å². The summed E-state index contributed by atoms with van der Waals surface area (Å²) in [6, 6.07) is 10.1. The van der Waals surface area contributed by atoms with Gasteiger partial charge in [0.1, 0.15) is 12.4 Å². The SMILES string of the molecule is Cc1cncc(COc2cccc(C)c2)c1. The molecular weight excluding hydrogens is 198 g/mol. The molecule has 0 radical (unpaired) electrons. The Labute approximate surface area is 95.9 Å². The van der Waals surface area contributed by atoms with Crippen molar-refractivity contribution in [3.63, 3.8) is 0 Å². The van der Waals surface area contributed by atoms with Gasteiger partial charge in [0.05, 0.1) is 0 Å². The number of nitrogens with zero attached hydrogens (tertiary/aromatic N) is 1. The molecule has 0 aliphatic heterocycles. The normalized spacial score (nSPS) is 10.1. The van der Waals surface area contributed by atoms with Crippen LogP contribution in [-0.4, -0.2) is 4.98 Å². The molecular formula is C14H15NO. The van der Waals surface area contributed by atoms with E-state index in [0.29, 0.717) is 6.61 Å². The Kier molecular flexibility index (Phi) is 3.20. The number of hydrogen-bond donors (Lipinski definition) is 0. The quantitative estimate of drug-likeness (QED) is 0.780. The summed E-state index contributed by atoms with van der Waals surface area (Å²) in [5.74, 6) is 0.904. The minimum absolute atomic E-state index is 0.568. The molecule has 0 unspecified atom stereocenters. The molecule has 0 aliphatic rings. The van der Waals surface area contributed by atoms with Crippen molar-refractivity contribution < 1.29 is 4.74 Å². The summed E-state index contributed by atoms with van der Waals surface area (Å²) in [5, 5.41) is 0. The number of aromatic nitrogens is 1. The first-order chi connectivity index (χ1) is 7.74. The number of hydrogen-bond acceptors (Lipinski definition) is 2. The number of benzene rings is 1. The van der Waals surface area contributed by atoms with Gasteiger partial charge in [0.15, 0.2) is 0 Å². The van der Waals surface area contributed by atoms with E-state index in [1.807, 2.05) is 37.5 Å². The van der Waals surface area contributed by atoms with Crippen LogP contribution in [0.2, 0.25) is 0 Å². The van der Waals surface area contributed by atoms with Crippen LogP contribution in [0.3, 0.4) is 0 Å². The molecule has 0 amide bonds. The lowest BCUT2D eigenvalue weighted by molar-refractivity contribution is 0.305. The maximum absolute atomic E-state index is 5.69. The number of aryl methyl sites for hydroxylation is 2. The molecule has 0 bridgehead atoms. The van der Waals surface area contributed by atoms with Crippen molar-refractivity contribution in [1.29, 1.82) is 0 Å². The van der Waals surface area contributed by atoms with E-state index < -0.39 is 0 Å². The van der Waals surface area contributed by atoms with Gasteiger partial charge < -0.3 is 4.74 Å². The lowest BCUT2D eigenvalue weighted by atomic mass is 10.2. The van der Waals surface area contributed by atoms with Crippen molar-refractivity contribution in [1.82, 2.24) is 4.98 Å². The van der Waals surface area contributed by atoms with Crippen molar-refractivity contribution in [2.45, 2.75) is 20.5 Å². The van der Waals surface area contributed by atoms with Gasteiger partial charge in [-0.05, 0) is 43.2 Å². The Balaban J connectivity index is 2.02. The van der Waals surface area contributed by atoms with Crippen molar-refractivity contribution in [3.8, 4) is 5.75 Å². The van der Waals surface area contributed by atoms with E-state index in [9.17, 15) is 0 Å². The summed E-state index contributed by atoms with van der Waals surface area (Å²) in [6.07, 6.45) is 3.68. The van der Waals surface area contributed by atoms with E-state index in [-0.39, 0.29) is 0 Å². The first-order valence-corrected chi connectivity index (χ1v) is 5.34. The van der Waals surface area contributed by atoms with Crippen LogP contribution < -0.4 is 4.74 Å². The summed E-state index contributed by atoms with van der Waals surface area (Å²) in [6.45, 7) is 4.66. The highest BCUT2D eigenvalue weighted by Gasteiger charge is 1.97. The molecule has 2 rings (SSSR count). The van der Waals surface area contributed by atoms with Crippen LogP contribution in [0.4, 0.5) is 0 Å². The molecule has 16 heavy (non-hydrogen) atoms. The molecule has 0 N–H and O–H groups in total. The molecule has 0 aliphatic carbocycles. The second-order valence-electron chi connectivity index (χ2n) is 3.98. The van der Waals surface area contributed by atoms with Gasteiger partial charge in [-0.1, -0.05) is 12.1 Å². The first kappa shape index (κ1) is 10.7. The molecule has 2 nitrogen and oxygen atoms in total. The molecule has 0 fully saturated rings. The van der Waals surface area contributed by atoms with Gasteiger partial charge in [0, 0.05) is 18.0 Å². The van der Waals surface area contributed by atoms with Gasteiger partial charge in [0.25, 0.3) is 0 Å². The van der Waals surface area contributed by atoms with Gasteiger partial charge in [-0.15, -0.1) is 0 Å². The van der Waals surface area contributed by atoms with E-state index in [4.69, 9.17) is 4.74 Å². The van der Waals surface area contributed by atoms with Gasteiger partial charge in [0.2, 0.25) is 0 Å². The molecule has 0 atom stereocenters. The monoisotopic (exact) mass is 213 g/mol. The maximum atomic E-state index is 5.69. The molecule has 0 saturated heterocycles. The minimum atomic E-state index is 0.568. The third-order valence-corrected chi connectivity index (χ3v) is 2.33. The molecule has 0 spiro atoms. The fourth-order valence-corrected chi connectivity index (χ4v) is 1.57. The molecule has 1 heterocycles. The standard InChI is InChI=1S/C14H15NO/c1-11-4-3-5-14(7-11)16-10-13-6-12(2)8-15-9-13/h3-9H,10H2,1-2H3. The van der Waals surface area contributed by atoms with E-state index in [1.54, 1.807) is 0 Å². The fourth-order valence-electron chi connectivity index (χ4n) is 1.57. The highest BCUT2D eigenvalue weighted by atomic mass is 16.5. The van der Waals surface area contributed by atoms with Crippen LogP contribution in [0.5, 0.6) is 5.75 Å². The molecule has 0 saturated carbocycles. The predicted molar refractivity (Wildman–Crippen MR) is 64.5 cm³/mol. The first-order valence-electron chi connectivity index (χ1n) is 5.34. The van der Waals surface area contributed by atoms with Crippen LogP contribution in [0.15, 0.2) is 42.7 Å². The Morgan fingerprint density at radius 1 is 1.06 bits per heavy atom. The minimum Gasteiger partial charge on any atom is -0.489 e. The summed E-state index contributed by atoms with van der Waals surface area (Å²) in [7, 11) is 0. The van der Waals surface area contributed by atoms with Gasteiger partial charge >= 0.3 is 0 Å². The highest BCUT2D eigenvalue weighted by Crippen LogP contribution is 2.14. The predicted octanol–water partition coefficient (Wildman–Crippen LogP) is 3.28. The number of pyridine rings is 1. The zero-order chi connectivity index (χ0) is 11.4. The Hall–Kier alpha value is -1.83. The van der Waals surface area contributed by atoms with Crippen molar-refractivity contribution in [2.24, 2.45) is 0 Å². The lowest BCUT2D eigenvalue weighted by Crippen LogP contribution is -1.96. The highest BCUT2D eigenvalue weighted by molar-refractivity contribution is 5.28. The molecule has 82 valence electrons. The van der Waals surface area contributed by atoms with Crippen LogP contribution >= 0.6 is 0 Å². The maximum Gasteiger partial charge on any atom is 0.120 e. The van der Waals surface area contributed by atoms with Crippen LogP contribution in [0, 0.1) is 13.8 Å². The number of rotatable bonds is 3. The second kappa shape index (κ2) is 4.79. The van der Waals surface area contributed by atoms with E-state index in [1.165, 1.54) is 5.56 Å². The van der Waals surface area contributed by atoms with E-state index in [2.05, 4.69) is 24.0 Å². The summed E-state index contributed by atoms with van der Waals surface area (Å²) in [4.78, 5) is 4.13. The van der Waals surface area contributed by atoms with E-state index >= 15 is 0 Å². The van der Waals surface area contributed by atoms with Crippen molar-refractivity contribution in [2.75, 3.05) is 0 Å². The van der Waals surface area contributed by atoms with Gasteiger partial charge in [-0.3, -0.25) is 4.98 Å².